The standard InChI is InChI=1S/C24H26F3N5O2/c1-16(2)15-32-22(33)19-7-4-3-6-18(19)21(29-32)23(34)31-11-5-10-30(12-13-31)20-9-8-17(14-28-20)24(25,26)27/h3-4,6-9,14,16H,5,10-13,15H2,1-2H3. The minimum absolute atomic E-state index is 0.178. The molecule has 34 heavy (non-hydrogen) atoms. The summed E-state index contributed by atoms with van der Waals surface area (Å²) in [6.07, 6.45) is -2.98. The lowest BCUT2D eigenvalue weighted by Gasteiger charge is -2.23. The molecule has 0 aliphatic carbocycles. The lowest BCUT2D eigenvalue weighted by molar-refractivity contribution is -0.137. The maximum atomic E-state index is 13.5. The van der Waals surface area contributed by atoms with Gasteiger partial charge in [0.15, 0.2) is 5.69 Å². The first kappa shape index (κ1) is 23.7. The molecular formula is C24H26F3N5O2. The summed E-state index contributed by atoms with van der Waals surface area (Å²) in [5, 5.41) is 5.40. The van der Waals surface area contributed by atoms with Gasteiger partial charge in [-0.05, 0) is 30.5 Å². The third kappa shape index (κ3) is 4.90. The number of alkyl halides is 3. The van der Waals surface area contributed by atoms with E-state index in [-0.39, 0.29) is 23.1 Å². The first-order valence-corrected chi connectivity index (χ1v) is 11.2. The molecule has 10 heteroatoms. The summed E-state index contributed by atoms with van der Waals surface area (Å²) in [5.41, 5.74) is -0.787. The van der Waals surface area contributed by atoms with Gasteiger partial charge in [-0.25, -0.2) is 9.67 Å². The van der Waals surface area contributed by atoms with Gasteiger partial charge in [-0.15, -0.1) is 0 Å². The molecule has 0 unspecified atom stereocenters. The Balaban J connectivity index is 1.57. The fraction of sp³-hybridized carbons (Fsp3) is 0.417. The molecule has 180 valence electrons. The molecule has 1 saturated heterocycles. The summed E-state index contributed by atoms with van der Waals surface area (Å²) >= 11 is 0. The van der Waals surface area contributed by atoms with E-state index in [1.54, 1.807) is 29.2 Å². The van der Waals surface area contributed by atoms with Crippen LogP contribution in [0.25, 0.3) is 10.8 Å². The SMILES string of the molecule is CC(C)Cn1nc(C(=O)N2CCCN(c3ccc(C(F)(F)F)cn3)CC2)c2ccccc2c1=O. The molecule has 0 atom stereocenters. The van der Waals surface area contributed by atoms with E-state index in [4.69, 9.17) is 0 Å². The number of pyridine rings is 1. The summed E-state index contributed by atoms with van der Waals surface area (Å²) in [4.78, 5) is 33.9. The highest BCUT2D eigenvalue weighted by molar-refractivity contribution is 6.04. The summed E-state index contributed by atoms with van der Waals surface area (Å²) in [5.74, 6) is 0.351. The number of nitrogens with zero attached hydrogens (tertiary/aromatic N) is 5. The van der Waals surface area contributed by atoms with Crippen molar-refractivity contribution < 1.29 is 18.0 Å². The van der Waals surface area contributed by atoms with Gasteiger partial charge in [0.1, 0.15) is 5.82 Å². The number of anilines is 1. The fourth-order valence-electron chi connectivity index (χ4n) is 4.10. The van der Waals surface area contributed by atoms with Crippen LogP contribution in [-0.2, 0) is 12.7 Å². The number of carbonyl (C=O) groups excluding carboxylic acids is 1. The zero-order valence-corrected chi connectivity index (χ0v) is 19.0. The largest absolute Gasteiger partial charge is 0.417 e. The van der Waals surface area contributed by atoms with Crippen molar-refractivity contribution in [1.82, 2.24) is 19.7 Å². The number of hydrogen-bond donors (Lipinski definition) is 0. The molecule has 0 bridgehead atoms. The minimum atomic E-state index is -4.44. The molecule has 0 saturated carbocycles. The van der Waals surface area contributed by atoms with E-state index in [9.17, 15) is 22.8 Å². The smallest absolute Gasteiger partial charge is 0.355 e. The summed E-state index contributed by atoms with van der Waals surface area (Å²) in [6, 6.07) is 9.34. The van der Waals surface area contributed by atoms with Crippen LogP contribution in [0.2, 0.25) is 0 Å². The molecule has 0 spiro atoms. The summed E-state index contributed by atoms with van der Waals surface area (Å²) < 4.78 is 39.9. The van der Waals surface area contributed by atoms with Crippen LogP contribution in [-0.4, -0.2) is 51.8 Å². The van der Waals surface area contributed by atoms with Gasteiger partial charge in [0, 0.05) is 44.3 Å². The molecule has 1 fully saturated rings. The van der Waals surface area contributed by atoms with Crippen molar-refractivity contribution in [2.24, 2.45) is 5.92 Å². The molecule has 7 nitrogen and oxygen atoms in total. The molecule has 4 rings (SSSR count). The molecule has 1 aliphatic rings. The zero-order chi connectivity index (χ0) is 24.5. The first-order valence-electron chi connectivity index (χ1n) is 11.2. The maximum absolute atomic E-state index is 13.5. The predicted molar refractivity (Wildman–Crippen MR) is 123 cm³/mol. The molecule has 1 aromatic carbocycles. The van der Waals surface area contributed by atoms with Gasteiger partial charge in [0.05, 0.1) is 10.9 Å². The first-order chi connectivity index (χ1) is 16.1. The van der Waals surface area contributed by atoms with Gasteiger partial charge < -0.3 is 9.80 Å². The molecule has 0 radical (unpaired) electrons. The second kappa shape index (κ2) is 9.44. The molecule has 0 N–H and O–H groups in total. The van der Waals surface area contributed by atoms with Crippen LogP contribution >= 0.6 is 0 Å². The number of halogens is 3. The Bertz CT molecular complexity index is 1240. The maximum Gasteiger partial charge on any atom is 0.417 e. The van der Waals surface area contributed by atoms with Crippen LogP contribution in [0.15, 0.2) is 47.4 Å². The quantitative estimate of drug-likeness (QED) is 0.576. The van der Waals surface area contributed by atoms with Crippen molar-refractivity contribution in [2.45, 2.75) is 33.0 Å². The lowest BCUT2D eigenvalue weighted by Crippen LogP contribution is -2.37. The Morgan fingerprint density at radius 3 is 2.41 bits per heavy atom. The van der Waals surface area contributed by atoms with E-state index in [1.165, 1.54) is 10.7 Å². The van der Waals surface area contributed by atoms with Crippen LogP contribution in [0.3, 0.4) is 0 Å². The second-order valence-corrected chi connectivity index (χ2v) is 8.81. The Hall–Kier alpha value is -3.43. The predicted octanol–water partition coefficient (Wildman–Crippen LogP) is 3.82. The number of rotatable bonds is 4. The highest BCUT2D eigenvalue weighted by atomic mass is 19.4. The monoisotopic (exact) mass is 473 g/mol. The Morgan fingerprint density at radius 2 is 1.76 bits per heavy atom. The number of fused-ring (bicyclic) bond motifs is 1. The normalized spacial score (nSPS) is 15.1. The molecule has 2 aromatic heterocycles. The molecular weight excluding hydrogens is 447 g/mol. The van der Waals surface area contributed by atoms with Crippen molar-refractivity contribution in [3.63, 3.8) is 0 Å². The molecule has 3 heterocycles. The van der Waals surface area contributed by atoms with Gasteiger partial charge in [-0.2, -0.15) is 18.3 Å². The molecule has 1 aliphatic heterocycles. The van der Waals surface area contributed by atoms with Crippen molar-refractivity contribution in [2.75, 3.05) is 31.1 Å². The van der Waals surface area contributed by atoms with Crippen LogP contribution < -0.4 is 10.5 Å². The highest BCUT2D eigenvalue weighted by Crippen LogP contribution is 2.29. The van der Waals surface area contributed by atoms with Crippen LogP contribution in [0.5, 0.6) is 0 Å². The Morgan fingerprint density at radius 1 is 1.03 bits per heavy atom. The molecule has 3 aromatic rings. The third-order valence-electron chi connectivity index (χ3n) is 5.79. The number of hydrogen-bond acceptors (Lipinski definition) is 5. The van der Waals surface area contributed by atoms with Gasteiger partial charge in [-0.3, -0.25) is 9.59 Å². The van der Waals surface area contributed by atoms with E-state index >= 15 is 0 Å². The average molecular weight is 473 g/mol. The van der Waals surface area contributed by atoms with Gasteiger partial charge in [0.25, 0.3) is 11.5 Å². The second-order valence-electron chi connectivity index (χ2n) is 8.81. The van der Waals surface area contributed by atoms with E-state index in [2.05, 4.69) is 10.1 Å². The number of amides is 1. The Labute approximate surface area is 194 Å². The number of aromatic nitrogens is 3. The Kier molecular flexibility index (Phi) is 6.58. The number of carbonyl (C=O) groups is 1. The van der Waals surface area contributed by atoms with Crippen LogP contribution in [0.4, 0.5) is 19.0 Å². The van der Waals surface area contributed by atoms with Crippen molar-refractivity contribution in [3.05, 3.63) is 64.2 Å². The summed E-state index contributed by atoms with van der Waals surface area (Å²) in [7, 11) is 0. The third-order valence-corrected chi connectivity index (χ3v) is 5.79. The van der Waals surface area contributed by atoms with E-state index in [1.807, 2.05) is 18.7 Å². The van der Waals surface area contributed by atoms with Gasteiger partial charge >= 0.3 is 6.18 Å². The minimum Gasteiger partial charge on any atom is -0.355 e. The molecule has 1 amide bonds. The van der Waals surface area contributed by atoms with Crippen molar-refractivity contribution >= 4 is 22.5 Å². The number of benzene rings is 1. The average Bonchev–Trinajstić information content (AvgIpc) is 3.06. The van der Waals surface area contributed by atoms with Crippen molar-refractivity contribution in [1.29, 1.82) is 0 Å². The lowest BCUT2D eigenvalue weighted by atomic mass is 10.1. The van der Waals surface area contributed by atoms with E-state index < -0.39 is 11.7 Å². The topological polar surface area (TPSA) is 71.3 Å². The van der Waals surface area contributed by atoms with Crippen LogP contribution in [0, 0.1) is 5.92 Å². The summed E-state index contributed by atoms with van der Waals surface area (Å²) in [6.45, 7) is 6.16. The van der Waals surface area contributed by atoms with Crippen molar-refractivity contribution in [3.8, 4) is 0 Å². The zero-order valence-electron chi connectivity index (χ0n) is 19.0. The van der Waals surface area contributed by atoms with Gasteiger partial charge in [-0.1, -0.05) is 32.0 Å². The van der Waals surface area contributed by atoms with E-state index in [0.29, 0.717) is 55.7 Å². The van der Waals surface area contributed by atoms with Gasteiger partial charge in [0.2, 0.25) is 0 Å². The van der Waals surface area contributed by atoms with Crippen LogP contribution in [0.1, 0.15) is 36.3 Å². The highest BCUT2D eigenvalue weighted by Gasteiger charge is 2.31. The fourth-order valence-corrected chi connectivity index (χ4v) is 4.10. The van der Waals surface area contributed by atoms with E-state index in [0.717, 1.165) is 12.3 Å².